The molecule has 1 aliphatic heterocycles. The van der Waals surface area contributed by atoms with E-state index < -0.39 is 0 Å². The number of aromatic nitrogens is 2. The number of furan rings is 1. The van der Waals surface area contributed by atoms with Gasteiger partial charge in [-0.15, -0.1) is 0 Å². The normalized spacial score (nSPS) is 17.3. The number of nitrogens with one attached hydrogen (secondary N) is 2. The fraction of sp³-hybridized carbons (Fsp3) is 0.250. The summed E-state index contributed by atoms with van der Waals surface area (Å²) in [5.74, 6) is 1.01. The summed E-state index contributed by atoms with van der Waals surface area (Å²) in [5, 5.41) is 11.1. The molecule has 1 aliphatic rings. The first-order chi connectivity index (χ1) is 14.7. The van der Waals surface area contributed by atoms with Gasteiger partial charge in [0.1, 0.15) is 11.3 Å². The summed E-state index contributed by atoms with van der Waals surface area (Å²) >= 11 is 0. The van der Waals surface area contributed by atoms with Crippen LogP contribution in [0, 0.1) is 5.92 Å². The minimum Gasteiger partial charge on any atom is -0.460 e. The number of anilines is 1. The van der Waals surface area contributed by atoms with Gasteiger partial charge in [-0.2, -0.15) is 5.10 Å². The standard InChI is InChI=1S/C24H24N4O2/c29-24(26-20-9-7-17(8-10-20)22-11-12-25-27-22)19-5-3-13-28(15-19)16-21-14-18-4-1-2-6-23(18)30-21/h1-2,4,6-12,14,19H,3,5,13,15-16H2,(H,25,27)(H,26,29). The van der Waals surface area contributed by atoms with Crippen LogP contribution in [0.2, 0.25) is 0 Å². The number of rotatable bonds is 5. The van der Waals surface area contributed by atoms with Gasteiger partial charge in [-0.3, -0.25) is 14.8 Å². The highest BCUT2D eigenvalue weighted by Gasteiger charge is 2.26. The maximum Gasteiger partial charge on any atom is 0.228 e. The molecule has 2 aromatic heterocycles. The molecule has 1 fully saturated rings. The molecule has 6 heteroatoms. The van der Waals surface area contributed by atoms with Crippen molar-refractivity contribution in [3.05, 3.63) is 72.6 Å². The number of carbonyl (C=O) groups excluding carboxylic acids is 1. The Balaban J connectivity index is 1.20. The van der Waals surface area contributed by atoms with Crippen LogP contribution in [-0.2, 0) is 11.3 Å². The van der Waals surface area contributed by atoms with Crippen LogP contribution in [0.15, 0.2) is 71.3 Å². The molecule has 1 amide bonds. The Kier molecular flexibility index (Phi) is 5.07. The van der Waals surface area contributed by atoms with E-state index >= 15 is 0 Å². The first kappa shape index (κ1) is 18.6. The van der Waals surface area contributed by atoms with E-state index in [9.17, 15) is 4.79 Å². The molecule has 0 aliphatic carbocycles. The molecule has 6 nitrogen and oxygen atoms in total. The number of hydrogen-bond acceptors (Lipinski definition) is 4. The molecule has 4 aromatic rings. The van der Waals surface area contributed by atoms with Gasteiger partial charge in [0.15, 0.2) is 0 Å². The minimum absolute atomic E-state index is 0.0181. The Bertz CT molecular complexity index is 1100. The average Bonchev–Trinajstić information content (AvgIpc) is 3.44. The molecule has 0 spiro atoms. The van der Waals surface area contributed by atoms with Crippen LogP contribution in [0.1, 0.15) is 18.6 Å². The average molecular weight is 400 g/mol. The molecule has 1 saturated heterocycles. The summed E-state index contributed by atoms with van der Waals surface area (Å²) in [6.45, 7) is 2.46. The fourth-order valence-corrected chi connectivity index (χ4v) is 4.14. The summed E-state index contributed by atoms with van der Waals surface area (Å²) in [5.41, 5.74) is 3.73. The number of para-hydroxylation sites is 1. The minimum atomic E-state index is -0.0181. The van der Waals surface area contributed by atoms with Crippen molar-refractivity contribution in [2.75, 3.05) is 18.4 Å². The van der Waals surface area contributed by atoms with E-state index in [1.807, 2.05) is 48.5 Å². The number of likely N-dealkylation sites (tertiary alicyclic amines) is 1. The van der Waals surface area contributed by atoms with Crippen LogP contribution >= 0.6 is 0 Å². The van der Waals surface area contributed by atoms with Gasteiger partial charge >= 0.3 is 0 Å². The van der Waals surface area contributed by atoms with E-state index in [4.69, 9.17) is 4.42 Å². The predicted molar refractivity (Wildman–Crippen MR) is 117 cm³/mol. The number of carbonyl (C=O) groups is 1. The largest absolute Gasteiger partial charge is 0.460 e. The van der Waals surface area contributed by atoms with Gasteiger partial charge in [-0.1, -0.05) is 30.3 Å². The topological polar surface area (TPSA) is 74.2 Å². The Morgan fingerprint density at radius 2 is 2.03 bits per heavy atom. The van der Waals surface area contributed by atoms with Gasteiger partial charge in [0.05, 0.1) is 18.2 Å². The Morgan fingerprint density at radius 1 is 1.17 bits per heavy atom. The third-order valence-corrected chi connectivity index (χ3v) is 5.70. The number of benzene rings is 2. The van der Waals surface area contributed by atoms with Crippen molar-refractivity contribution < 1.29 is 9.21 Å². The molecule has 30 heavy (non-hydrogen) atoms. The third-order valence-electron chi connectivity index (χ3n) is 5.70. The zero-order valence-electron chi connectivity index (χ0n) is 16.7. The van der Waals surface area contributed by atoms with E-state index in [0.29, 0.717) is 0 Å². The maximum atomic E-state index is 12.8. The number of amides is 1. The SMILES string of the molecule is O=C(Nc1ccc(-c2ccn[nH]2)cc1)C1CCCN(Cc2cc3ccccc3o2)C1. The van der Waals surface area contributed by atoms with E-state index in [1.54, 1.807) is 6.20 Å². The molecule has 1 unspecified atom stereocenters. The van der Waals surface area contributed by atoms with E-state index in [2.05, 4.69) is 32.5 Å². The van der Waals surface area contributed by atoms with Crippen molar-refractivity contribution in [1.82, 2.24) is 15.1 Å². The van der Waals surface area contributed by atoms with Crippen molar-refractivity contribution in [2.45, 2.75) is 19.4 Å². The first-order valence-corrected chi connectivity index (χ1v) is 10.3. The molecule has 0 bridgehead atoms. The Morgan fingerprint density at radius 3 is 2.83 bits per heavy atom. The second kappa shape index (κ2) is 8.16. The highest BCUT2D eigenvalue weighted by Crippen LogP contribution is 2.24. The maximum absolute atomic E-state index is 12.8. The molecule has 2 N–H and O–H groups in total. The predicted octanol–water partition coefficient (Wildman–Crippen LogP) is 4.67. The van der Waals surface area contributed by atoms with Crippen molar-refractivity contribution in [1.29, 1.82) is 0 Å². The number of fused-ring (bicyclic) bond motifs is 1. The van der Waals surface area contributed by atoms with E-state index in [0.717, 1.165) is 66.2 Å². The van der Waals surface area contributed by atoms with Gasteiger partial charge in [0.2, 0.25) is 5.91 Å². The van der Waals surface area contributed by atoms with Crippen LogP contribution in [0.4, 0.5) is 5.69 Å². The lowest BCUT2D eigenvalue weighted by Gasteiger charge is -2.31. The van der Waals surface area contributed by atoms with Gasteiger partial charge in [0.25, 0.3) is 0 Å². The number of H-pyrrole nitrogens is 1. The lowest BCUT2D eigenvalue weighted by Crippen LogP contribution is -2.40. The summed E-state index contributed by atoms with van der Waals surface area (Å²) in [6.07, 6.45) is 3.65. The van der Waals surface area contributed by atoms with E-state index in [1.165, 1.54) is 0 Å². The van der Waals surface area contributed by atoms with Crippen molar-refractivity contribution in [3.63, 3.8) is 0 Å². The number of aromatic amines is 1. The van der Waals surface area contributed by atoms with Crippen LogP contribution in [-0.4, -0.2) is 34.1 Å². The summed E-state index contributed by atoms with van der Waals surface area (Å²) in [4.78, 5) is 15.2. The quantitative estimate of drug-likeness (QED) is 0.510. The molecule has 152 valence electrons. The third kappa shape index (κ3) is 4.00. The van der Waals surface area contributed by atoms with Gasteiger partial charge in [-0.05, 0) is 55.3 Å². The highest BCUT2D eigenvalue weighted by molar-refractivity contribution is 5.93. The van der Waals surface area contributed by atoms with Crippen LogP contribution in [0.5, 0.6) is 0 Å². The summed E-state index contributed by atoms with van der Waals surface area (Å²) in [7, 11) is 0. The second-order valence-electron chi connectivity index (χ2n) is 7.86. The monoisotopic (exact) mass is 400 g/mol. The van der Waals surface area contributed by atoms with Crippen LogP contribution < -0.4 is 5.32 Å². The van der Waals surface area contributed by atoms with Crippen LogP contribution in [0.25, 0.3) is 22.2 Å². The van der Waals surface area contributed by atoms with Crippen molar-refractivity contribution >= 4 is 22.6 Å². The van der Waals surface area contributed by atoms with Crippen LogP contribution in [0.3, 0.4) is 0 Å². The Hall–Kier alpha value is -3.38. The summed E-state index contributed by atoms with van der Waals surface area (Å²) in [6, 6.07) is 19.9. The molecular formula is C24H24N4O2. The highest BCUT2D eigenvalue weighted by atomic mass is 16.3. The zero-order chi connectivity index (χ0) is 20.3. The smallest absolute Gasteiger partial charge is 0.228 e. The fourth-order valence-electron chi connectivity index (χ4n) is 4.14. The van der Waals surface area contributed by atoms with Gasteiger partial charge in [-0.25, -0.2) is 0 Å². The molecule has 3 heterocycles. The number of nitrogens with zero attached hydrogens (tertiary/aromatic N) is 2. The van der Waals surface area contributed by atoms with Gasteiger partial charge in [0, 0.05) is 23.8 Å². The summed E-state index contributed by atoms with van der Waals surface area (Å²) < 4.78 is 5.95. The van der Waals surface area contributed by atoms with Crippen molar-refractivity contribution in [3.8, 4) is 11.3 Å². The Labute approximate surface area is 174 Å². The second-order valence-corrected chi connectivity index (χ2v) is 7.86. The zero-order valence-corrected chi connectivity index (χ0v) is 16.7. The molecule has 1 atom stereocenters. The molecular weight excluding hydrogens is 376 g/mol. The lowest BCUT2D eigenvalue weighted by atomic mass is 9.97. The number of piperidine rings is 1. The molecule has 2 aromatic carbocycles. The molecule has 0 saturated carbocycles. The first-order valence-electron chi connectivity index (χ1n) is 10.3. The molecule has 5 rings (SSSR count). The van der Waals surface area contributed by atoms with Gasteiger partial charge < -0.3 is 9.73 Å². The lowest BCUT2D eigenvalue weighted by molar-refractivity contribution is -0.121. The van der Waals surface area contributed by atoms with E-state index in [-0.39, 0.29) is 11.8 Å². The number of hydrogen-bond donors (Lipinski definition) is 2. The molecule has 0 radical (unpaired) electrons. The van der Waals surface area contributed by atoms with Crippen molar-refractivity contribution in [2.24, 2.45) is 5.92 Å².